The van der Waals surface area contributed by atoms with E-state index in [1.807, 2.05) is 6.07 Å². The van der Waals surface area contributed by atoms with Gasteiger partial charge in [-0.05, 0) is 35.9 Å². The Labute approximate surface area is 144 Å². The number of ether oxygens (including phenoxy) is 1. The fraction of sp³-hybridized carbons (Fsp3) is 0.263. The standard InChI is InChI=1S/C19H18FN3O2/c20-14-5-6-15(13(11-14)12-23-7-9-25-10-8-23)18-21-17-4-2-1-3-16(17)19(24)22-18/h1-6,11H,7-10,12H2,(H,21,22,24). The van der Waals surface area contributed by atoms with E-state index in [0.717, 1.165) is 24.2 Å². The third kappa shape index (κ3) is 3.31. The first-order chi connectivity index (χ1) is 12.2. The predicted octanol–water partition coefficient (Wildman–Crippen LogP) is 2.56. The van der Waals surface area contributed by atoms with E-state index in [9.17, 15) is 9.18 Å². The molecular formula is C19H18FN3O2. The van der Waals surface area contributed by atoms with Gasteiger partial charge in [0.2, 0.25) is 0 Å². The number of fused-ring (bicyclic) bond motifs is 1. The highest BCUT2D eigenvalue weighted by atomic mass is 19.1. The third-order valence-electron chi connectivity index (χ3n) is 4.43. The summed E-state index contributed by atoms with van der Waals surface area (Å²) >= 11 is 0. The van der Waals surface area contributed by atoms with Crippen LogP contribution in [0.4, 0.5) is 4.39 Å². The Kier molecular flexibility index (Phi) is 4.29. The van der Waals surface area contributed by atoms with Gasteiger partial charge in [-0.1, -0.05) is 12.1 Å². The van der Waals surface area contributed by atoms with Crippen molar-refractivity contribution < 1.29 is 9.13 Å². The van der Waals surface area contributed by atoms with E-state index < -0.39 is 0 Å². The molecule has 1 aromatic heterocycles. The summed E-state index contributed by atoms with van der Waals surface area (Å²) in [7, 11) is 0. The summed E-state index contributed by atoms with van der Waals surface area (Å²) in [6.07, 6.45) is 0. The molecule has 4 rings (SSSR count). The van der Waals surface area contributed by atoms with Crippen LogP contribution in [-0.2, 0) is 11.3 Å². The Balaban J connectivity index is 1.78. The van der Waals surface area contributed by atoms with Gasteiger partial charge in [-0.15, -0.1) is 0 Å². The minimum absolute atomic E-state index is 0.192. The van der Waals surface area contributed by atoms with Crippen LogP contribution in [0, 0.1) is 5.82 Å². The van der Waals surface area contributed by atoms with Gasteiger partial charge in [0.15, 0.2) is 0 Å². The van der Waals surface area contributed by atoms with Gasteiger partial charge < -0.3 is 9.72 Å². The lowest BCUT2D eigenvalue weighted by molar-refractivity contribution is 0.0342. The second-order valence-electron chi connectivity index (χ2n) is 6.12. The Bertz CT molecular complexity index is 964. The van der Waals surface area contributed by atoms with Crippen LogP contribution in [0.2, 0.25) is 0 Å². The van der Waals surface area contributed by atoms with E-state index >= 15 is 0 Å². The predicted molar refractivity (Wildman–Crippen MR) is 93.9 cm³/mol. The smallest absolute Gasteiger partial charge is 0.259 e. The Morgan fingerprint density at radius 3 is 2.80 bits per heavy atom. The molecule has 3 aromatic rings. The zero-order valence-corrected chi connectivity index (χ0v) is 13.7. The monoisotopic (exact) mass is 339 g/mol. The summed E-state index contributed by atoms with van der Waals surface area (Å²) in [4.78, 5) is 22.0. The molecule has 6 heteroatoms. The molecule has 0 saturated carbocycles. The van der Waals surface area contributed by atoms with E-state index in [0.29, 0.717) is 36.5 Å². The van der Waals surface area contributed by atoms with Crippen LogP contribution in [0.1, 0.15) is 5.56 Å². The van der Waals surface area contributed by atoms with E-state index in [1.54, 1.807) is 24.3 Å². The molecule has 128 valence electrons. The van der Waals surface area contributed by atoms with Crippen LogP contribution >= 0.6 is 0 Å². The van der Waals surface area contributed by atoms with Crippen molar-refractivity contribution in [2.75, 3.05) is 26.3 Å². The number of hydrogen-bond acceptors (Lipinski definition) is 4. The molecule has 2 aromatic carbocycles. The van der Waals surface area contributed by atoms with Crippen LogP contribution in [-0.4, -0.2) is 41.2 Å². The molecule has 5 nitrogen and oxygen atoms in total. The number of morpholine rings is 1. The average molecular weight is 339 g/mol. The topological polar surface area (TPSA) is 58.2 Å². The Morgan fingerprint density at radius 1 is 1.16 bits per heavy atom. The molecule has 0 radical (unpaired) electrons. The van der Waals surface area contributed by atoms with Crippen LogP contribution in [0.25, 0.3) is 22.3 Å². The molecule has 0 amide bonds. The maximum absolute atomic E-state index is 13.8. The van der Waals surface area contributed by atoms with Gasteiger partial charge in [-0.25, -0.2) is 9.37 Å². The lowest BCUT2D eigenvalue weighted by atomic mass is 10.1. The summed E-state index contributed by atoms with van der Waals surface area (Å²) in [5.41, 5.74) is 1.99. The van der Waals surface area contributed by atoms with Crippen molar-refractivity contribution in [1.29, 1.82) is 0 Å². The van der Waals surface area contributed by atoms with Crippen molar-refractivity contribution in [2.45, 2.75) is 6.54 Å². The first-order valence-corrected chi connectivity index (χ1v) is 8.29. The largest absolute Gasteiger partial charge is 0.379 e. The summed E-state index contributed by atoms with van der Waals surface area (Å²) in [6.45, 7) is 3.55. The third-order valence-corrected chi connectivity index (χ3v) is 4.43. The number of aromatic nitrogens is 2. The SMILES string of the molecule is O=c1[nH]c(-c2ccc(F)cc2CN2CCOCC2)nc2ccccc12. The molecule has 2 heterocycles. The lowest BCUT2D eigenvalue weighted by Gasteiger charge is -2.27. The molecular weight excluding hydrogens is 321 g/mol. The molecule has 0 bridgehead atoms. The maximum Gasteiger partial charge on any atom is 0.259 e. The molecule has 25 heavy (non-hydrogen) atoms. The lowest BCUT2D eigenvalue weighted by Crippen LogP contribution is -2.35. The van der Waals surface area contributed by atoms with E-state index in [1.165, 1.54) is 12.1 Å². The summed E-state index contributed by atoms with van der Waals surface area (Å²) in [5, 5.41) is 0.545. The molecule has 1 fully saturated rings. The Hall–Kier alpha value is -2.57. The number of halogens is 1. The quantitative estimate of drug-likeness (QED) is 0.797. The fourth-order valence-corrected chi connectivity index (χ4v) is 3.14. The van der Waals surface area contributed by atoms with Crippen molar-refractivity contribution in [3.63, 3.8) is 0 Å². The zero-order chi connectivity index (χ0) is 17.2. The minimum atomic E-state index is -0.296. The molecule has 0 unspecified atom stereocenters. The average Bonchev–Trinajstić information content (AvgIpc) is 2.63. The van der Waals surface area contributed by atoms with Crippen molar-refractivity contribution in [1.82, 2.24) is 14.9 Å². The molecule has 1 aliphatic heterocycles. The molecule has 0 atom stereocenters. The van der Waals surface area contributed by atoms with Crippen LogP contribution < -0.4 is 5.56 Å². The zero-order valence-electron chi connectivity index (χ0n) is 13.7. The van der Waals surface area contributed by atoms with Crippen LogP contribution in [0.5, 0.6) is 0 Å². The van der Waals surface area contributed by atoms with E-state index in [4.69, 9.17) is 4.74 Å². The number of para-hydroxylation sites is 1. The molecule has 0 spiro atoms. The first-order valence-electron chi connectivity index (χ1n) is 8.29. The summed E-state index contributed by atoms with van der Waals surface area (Å²) in [6, 6.07) is 11.8. The van der Waals surface area contributed by atoms with Crippen molar-refractivity contribution in [3.05, 3.63) is 64.2 Å². The first kappa shape index (κ1) is 15.9. The number of benzene rings is 2. The van der Waals surface area contributed by atoms with Gasteiger partial charge in [0.05, 0.1) is 24.1 Å². The van der Waals surface area contributed by atoms with Crippen LogP contribution in [0.15, 0.2) is 47.3 Å². The number of H-pyrrole nitrogens is 1. The fourth-order valence-electron chi connectivity index (χ4n) is 3.14. The molecule has 1 saturated heterocycles. The van der Waals surface area contributed by atoms with Gasteiger partial charge >= 0.3 is 0 Å². The second kappa shape index (κ2) is 6.74. The number of hydrogen-bond donors (Lipinski definition) is 1. The minimum Gasteiger partial charge on any atom is -0.379 e. The molecule has 1 N–H and O–H groups in total. The Morgan fingerprint density at radius 2 is 1.96 bits per heavy atom. The normalized spacial score (nSPS) is 15.6. The van der Waals surface area contributed by atoms with Gasteiger partial charge in [0.1, 0.15) is 11.6 Å². The highest BCUT2D eigenvalue weighted by Gasteiger charge is 2.16. The second-order valence-corrected chi connectivity index (χ2v) is 6.12. The van der Waals surface area contributed by atoms with E-state index in [-0.39, 0.29) is 11.4 Å². The number of rotatable bonds is 3. The van der Waals surface area contributed by atoms with Crippen LogP contribution in [0.3, 0.4) is 0 Å². The van der Waals surface area contributed by atoms with Gasteiger partial charge in [-0.3, -0.25) is 9.69 Å². The van der Waals surface area contributed by atoms with Gasteiger partial charge in [0, 0.05) is 25.2 Å². The maximum atomic E-state index is 13.8. The van der Waals surface area contributed by atoms with Gasteiger partial charge in [-0.2, -0.15) is 0 Å². The highest BCUT2D eigenvalue weighted by molar-refractivity contribution is 5.79. The molecule has 0 aliphatic carbocycles. The van der Waals surface area contributed by atoms with Gasteiger partial charge in [0.25, 0.3) is 5.56 Å². The van der Waals surface area contributed by atoms with Crippen molar-refractivity contribution >= 4 is 10.9 Å². The van der Waals surface area contributed by atoms with E-state index in [2.05, 4.69) is 14.9 Å². The summed E-state index contributed by atoms with van der Waals surface area (Å²) < 4.78 is 19.2. The number of aromatic amines is 1. The van der Waals surface area contributed by atoms with Crippen molar-refractivity contribution in [2.24, 2.45) is 0 Å². The number of nitrogens with one attached hydrogen (secondary N) is 1. The molecule has 1 aliphatic rings. The number of nitrogens with zero attached hydrogens (tertiary/aromatic N) is 2. The highest BCUT2D eigenvalue weighted by Crippen LogP contribution is 2.24. The van der Waals surface area contributed by atoms with Crippen molar-refractivity contribution in [3.8, 4) is 11.4 Å². The summed E-state index contributed by atoms with van der Waals surface area (Å²) in [5.74, 6) is 0.169.